The third-order valence-electron chi connectivity index (χ3n) is 4.55. The molecule has 0 aliphatic carbocycles. The molecule has 2 N–H and O–H groups in total. The van der Waals surface area contributed by atoms with E-state index in [4.69, 9.17) is 0 Å². The van der Waals surface area contributed by atoms with E-state index in [1.807, 2.05) is 18.2 Å². The zero-order valence-corrected chi connectivity index (χ0v) is 13.6. The van der Waals surface area contributed by atoms with E-state index in [2.05, 4.69) is 46.6 Å². The van der Waals surface area contributed by atoms with E-state index in [1.54, 1.807) is 0 Å². The van der Waals surface area contributed by atoms with Crippen LogP contribution in [0, 0.1) is 0 Å². The van der Waals surface area contributed by atoms with Crippen LogP contribution in [0.1, 0.15) is 24.5 Å². The molecule has 122 valence electrons. The highest BCUT2D eigenvalue weighted by molar-refractivity contribution is 5.63. The van der Waals surface area contributed by atoms with E-state index in [0.29, 0.717) is 0 Å². The van der Waals surface area contributed by atoms with E-state index < -0.39 is 0 Å². The van der Waals surface area contributed by atoms with E-state index in [0.717, 1.165) is 44.7 Å². The van der Waals surface area contributed by atoms with Gasteiger partial charge in [-0.1, -0.05) is 54.6 Å². The fraction of sp³-hybridized carbons (Fsp3) is 0.400. The normalized spacial score (nSPS) is 17.6. The molecule has 0 spiro atoms. The first kappa shape index (κ1) is 16.2. The molecule has 2 aromatic rings. The molecule has 23 heavy (non-hydrogen) atoms. The predicted molar refractivity (Wildman–Crippen MR) is 95.4 cm³/mol. The molecule has 3 rings (SSSR count). The molecule has 1 saturated heterocycles. The second kappa shape index (κ2) is 8.25. The largest absolute Gasteiger partial charge is 0.388 e. The SMILES string of the molecule is OC(CCN1CCCNCC1)c1ccc(-c2ccccc2)cc1. The van der Waals surface area contributed by atoms with Crippen LogP contribution < -0.4 is 5.32 Å². The molecule has 1 unspecified atom stereocenters. The highest BCUT2D eigenvalue weighted by atomic mass is 16.3. The van der Waals surface area contributed by atoms with Crippen LogP contribution >= 0.6 is 0 Å². The molecule has 0 bridgehead atoms. The van der Waals surface area contributed by atoms with Gasteiger partial charge in [-0.2, -0.15) is 0 Å². The van der Waals surface area contributed by atoms with Gasteiger partial charge >= 0.3 is 0 Å². The number of hydrogen-bond donors (Lipinski definition) is 2. The van der Waals surface area contributed by atoms with E-state index in [9.17, 15) is 5.11 Å². The summed E-state index contributed by atoms with van der Waals surface area (Å²) < 4.78 is 0. The second-order valence-corrected chi connectivity index (χ2v) is 6.24. The maximum atomic E-state index is 10.4. The predicted octanol–water partition coefficient (Wildman–Crippen LogP) is 3.07. The topological polar surface area (TPSA) is 35.5 Å². The molecule has 1 fully saturated rings. The second-order valence-electron chi connectivity index (χ2n) is 6.24. The number of rotatable bonds is 5. The van der Waals surface area contributed by atoms with Crippen molar-refractivity contribution in [1.29, 1.82) is 0 Å². The summed E-state index contributed by atoms with van der Waals surface area (Å²) in [5.74, 6) is 0. The first-order valence-electron chi connectivity index (χ1n) is 8.59. The van der Waals surface area contributed by atoms with Gasteiger partial charge in [0.2, 0.25) is 0 Å². The summed E-state index contributed by atoms with van der Waals surface area (Å²) in [5.41, 5.74) is 3.42. The monoisotopic (exact) mass is 310 g/mol. The molecule has 2 aromatic carbocycles. The highest BCUT2D eigenvalue weighted by Crippen LogP contribution is 2.23. The lowest BCUT2D eigenvalue weighted by atomic mass is 10.0. The van der Waals surface area contributed by atoms with Gasteiger partial charge in [-0.15, -0.1) is 0 Å². The summed E-state index contributed by atoms with van der Waals surface area (Å²) in [4.78, 5) is 2.45. The minimum Gasteiger partial charge on any atom is -0.388 e. The number of nitrogens with one attached hydrogen (secondary N) is 1. The molecular weight excluding hydrogens is 284 g/mol. The van der Waals surface area contributed by atoms with Crippen molar-refractivity contribution in [3.8, 4) is 11.1 Å². The van der Waals surface area contributed by atoms with Gasteiger partial charge in [0.15, 0.2) is 0 Å². The van der Waals surface area contributed by atoms with Gasteiger partial charge in [0.05, 0.1) is 6.10 Å². The summed E-state index contributed by atoms with van der Waals surface area (Å²) in [6.45, 7) is 5.34. The molecule has 0 amide bonds. The number of benzene rings is 2. The minimum absolute atomic E-state index is 0.379. The third kappa shape index (κ3) is 4.64. The van der Waals surface area contributed by atoms with Crippen LogP contribution in [0.25, 0.3) is 11.1 Å². The summed E-state index contributed by atoms with van der Waals surface area (Å²) in [7, 11) is 0. The molecular formula is C20H26N2O. The van der Waals surface area contributed by atoms with E-state index in [-0.39, 0.29) is 6.10 Å². The molecule has 0 saturated carbocycles. The Hall–Kier alpha value is -1.68. The van der Waals surface area contributed by atoms with Crippen LogP contribution in [0.5, 0.6) is 0 Å². The van der Waals surface area contributed by atoms with Gasteiger partial charge in [-0.25, -0.2) is 0 Å². The number of aliphatic hydroxyl groups excluding tert-OH is 1. The number of hydrogen-bond acceptors (Lipinski definition) is 3. The average molecular weight is 310 g/mol. The molecule has 1 atom stereocenters. The lowest BCUT2D eigenvalue weighted by Gasteiger charge is -2.21. The summed E-state index contributed by atoms with van der Waals surface area (Å²) in [6, 6.07) is 18.7. The Bertz CT molecular complexity index is 574. The van der Waals surface area contributed by atoms with Crippen LogP contribution in [0.3, 0.4) is 0 Å². The number of nitrogens with zero attached hydrogens (tertiary/aromatic N) is 1. The first-order chi connectivity index (χ1) is 11.3. The van der Waals surface area contributed by atoms with Crippen LogP contribution in [-0.2, 0) is 0 Å². The lowest BCUT2D eigenvalue weighted by Crippen LogP contribution is -2.29. The standard InChI is InChI=1S/C20H26N2O/c23-20(11-15-22-14-4-12-21-13-16-22)19-9-7-18(8-10-19)17-5-2-1-3-6-17/h1-3,5-10,20-21,23H,4,11-16H2. The Morgan fingerprint density at radius 3 is 2.43 bits per heavy atom. The van der Waals surface area contributed by atoms with Crippen molar-refractivity contribution in [3.63, 3.8) is 0 Å². The van der Waals surface area contributed by atoms with Crippen molar-refractivity contribution in [3.05, 3.63) is 60.2 Å². The van der Waals surface area contributed by atoms with Gasteiger partial charge in [-0.3, -0.25) is 0 Å². The van der Waals surface area contributed by atoms with Crippen molar-refractivity contribution in [2.75, 3.05) is 32.7 Å². The Labute approximate surface area is 139 Å². The summed E-state index contributed by atoms with van der Waals surface area (Å²) >= 11 is 0. The van der Waals surface area contributed by atoms with Gasteiger partial charge in [0, 0.05) is 19.6 Å². The maximum Gasteiger partial charge on any atom is 0.0802 e. The average Bonchev–Trinajstić information content (AvgIpc) is 2.89. The zero-order chi connectivity index (χ0) is 15.9. The molecule has 1 heterocycles. The fourth-order valence-corrected chi connectivity index (χ4v) is 3.13. The maximum absolute atomic E-state index is 10.4. The smallest absolute Gasteiger partial charge is 0.0802 e. The molecule has 1 aliphatic heterocycles. The fourth-order valence-electron chi connectivity index (χ4n) is 3.13. The quantitative estimate of drug-likeness (QED) is 0.891. The minimum atomic E-state index is -0.379. The summed E-state index contributed by atoms with van der Waals surface area (Å²) in [5, 5.41) is 13.9. The van der Waals surface area contributed by atoms with Crippen molar-refractivity contribution in [1.82, 2.24) is 10.2 Å². The number of aliphatic hydroxyl groups is 1. The molecule has 1 aliphatic rings. The van der Waals surface area contributed by atoms with E-state index in [1.165, 1.54) is 17.5 Å². The van der Waals surface area contributed by atoms with Gasteiger partial charge in [0.25, 0.3) is 0 Å². The Balaban J connectivity index is 1.56. The molecule has 3 heteroatoms. The van der Waals surface area contributed by atoms with Crippen molar-refractivity contribution < 1.29 is 5.11 Å². The van der Waals surface area contributed by atoms with Crippen LogP contribution in [0.4, 0.5) is 0 Å². The van der Waals surface area contributed by atoms with Crippen LogP contribution in [0.15, 0.2) is 54.6 Å². The molecule has 3 nitrogen and oxygen atoms in total. The van der Waals surface area contributed by atoms with Crippen LogP contribution in [0.2, 0.25) is 0 Å². The van der Waals surface area contributed by atoms with Crippen LogP contribution in [-0.4, -0.2) is 42.7 Å². The van der Waals surface area contributed by atoms with Crippen molar-refractivity contribution >= 4 is 0 Å². The van der Waals surface area contributed by atoms with Crippen molar-refractivity contribution in [2.24, 2.45) is 0 Å². The van der Waals surface area contributed by atoms with E-state index >= 15 is 0 Å². The molecule has 0 radical (unpaired) electrons. The first-order valence-corrected chi connectivity index (χ1v) is 8.59. The Morgan fingerprint density at radius 1 is 0.913 bits per heavy atom. The van der Waals surface area contributed by atoms with Gasteiger partial charge < -0.3 is 15.3 Å². The lowest BCUT2D eigenvalue weighted by molar-refractivity contribution is 0.144. The van der Waals surface area contributed by atoms with Crippen molar-refractivity contribution in [2.45, 2.75) is 18.9 Å². The van der Waals surface area contributed by atoms with Gasteiger partial charge in [0.1, 0.15) is 0 Å². The van der Waals surface area contributed by atoms with Gasteiger partial charge in [-0.05, 0) is 42.6 Å². The molecule has 0 aromatic heterocycles. The third-order valence-corrected chi connectivity index (χ3v) is 4.55. The highest BCUT2D eigenvalue weighted by Gasteiger charge is 2.12. The Kier molecular flexibility index (Phi) is 5.81. The zero-order valence-electron chi connectivity index (χ0n) is 13.6. The Morgan fingerprint density at radius 2 is 1.65 bits per heavy atom. The summed E-state index contributed by atoms with van der Waals surface area (Å²) in [6.07, 6.45) is 1.61.